The maximum Gasteiger partial charge on any atom is 0.0406 e. The summed E-state index contributed by atoms with van der Waals surface area (Å²) in [5.41, 5.74) is 3.73. The van der Waals surface area contributed by atoms with Crippen molar-refractivity contribution in [3.05, 3.63) is 59.1 Å². The summed E-state index contributed by atoms with van der Waals surface area (Å²) in [5, 5.41) is 4.20. The highest BCUT2D eigenvalue weighted by Gasteiger charge is 2.00. The van der Waals surface area contributed by atoms with Gasteiger partial charge in [-0.25, -0.2) is 0 Å². The molecular weight excluding hydrogens is 242 g/mol. The molecule has 0 fully saturated rings. The minimum atomic E-state index is 0.504. The van der Waals surface area contributed by atoms with Crippen LogP contribution in [0.3, 0.4) is 0 Å². The van der Waals surface area contributed by atoms with Gasteiger partial charge in [-0.15, -0.1) is 0 Å². The maximum atomic E-state index is 5.90. The van der Waals surface area contributed by atoms with Crippen molar-refractivity contribution in [2.24, 2.45) is 0 Å². The Morgan fingerprint density at radius 2 is 1.72 bits per heavy atom. The monoisotopic (exact) mass is 259 g/mol. The third-order valence-electron chi connectivity index (χ3n) is 2.82. The van der Waals surface area contributed by atoms with Gasteiger partial charge in [0, 0.05) is 17.6 Å². The summed E-state index contributed by atoms with van der Waals surface area (Å²) >= 11 is 5.90. The van der Waals surface area contributed by atoms with Gasteiger partial charge in [0.1, 0.15) is 0 Å². The van der Waals surface area contributed by atoms with Gasteiger partial charge < -0.3 is 5.32 Å². The van der Waals surface area contributed by atoms with Crippen molar-refractivity contribution in [2.45, 2.75) is 26.4 Å². The Bertz CT molecular complexity index is 503. The smallest absolute Gasteiger partial charge is 0.0406 e. The van der Waals surface area contributed by atoms with Gasteiger partial charge in [0.2, 0.25) is 0 Å². The maximum absolute atomic E-state index is 5.90. The van der Waals surface area contributed by atoms with E-state index in [9.17, 15) is 0 Å². The first-order chi connectivity index (χ1) is 8.65. The molecule has 0 saturated heterocycles. The number of nitrogens with one attached hydrogen (secondary N) is 1. The molecule has 2 aromatic carbocycles. The summed E-state index contributed by atoms with van der Waals surface area (Å²) < 4.78 is 0. The fraction of sp³-hybridized carbons (Fsp3) is 0.250. The quantitative estimate of drug-likeness (QED) is 0.852. The molecule has 18 heavy (non-hydrogen) atoms. The van der Waals surface area contributed by atoms with Crippen molar-refractivity contribution >= 4 is 11.6 Å². The SMILES string of the molecule is CC(C)NCc1cccc(-c2ccc(Cl)cc2)c1. The lowest BCUT2D eigenvalue weighted by molar-refractivity contribution is 0.589. The van der Waals surface area contributed by atoms with E-state index < -0.39 is 0 Å². The van der Waals surface area contributed by atoms with Crippen molar-refractivity contribution in [1.82, 2.24) is 5.32 Å². The molecule has 0 aromatic heterocycles. The van der Waals surface area contributed by atoms with Gasteiger partial charge in [0.15, 0.2) is 0 Å². The molecule has 0 atom stereocenters. The number of benzene rings is 2. The van der Waals surface area contributed by atoms with Crippen LogP contribution in [0.2, 0.25) is 5.02 Å². The first-order valence-corrected chi connectivity index (χ1v) is 6.61. The lowest BCUT2D eigenvalue weighted by atomic mass is 10.0. The van der Waals surface area contributed by atoms with E-state index in [-0.39, 0.29) is 0 Å². The van der Waals surface area contributed by atoms with E-state index in [1.165, 1.54) is 16.7 Å². The molecule has 0 aliphatic heterocycles. The molecule has 0 bridgehead atoms. The van der Waals surface area contributed by atoms with Crippen LogP contribution >= 0.6 is 11.6 Å². The van der Waals surface area contributed by atoms with Crippen molar-refractivity contribution < 1.29 is 0 Å². The van der Waals surface area contributed by atoms with E-state index >= 15 is 0 Å². The van der Waals surface area contributed by atoms with Crippen LogP contribution in [-0.2, 0) is 6.54 Å². The van der Waals surface area contributed by atoms with Crippen LogP contribution in [0.15, 0.2) is 48.5 Å². The molecule has 1 N–H and O–H groups in total. The minimum absolute atomic E-state index is 0.504. The van der Waals surface area contributed by atoms with Crippen LogP contribution in [-0.4, -0.2) is 6.04 Å². The lowest BCUT2D eigenvalue weighted by Crippen LogP contribution is -2.21. The molecule has 1 nitrogen and oxygen atoms in total. The summed E-state index contributed by atoms with van der Waals surface area (Å²) in [4.78, 5) is 0. The predicted octanol–water partition coefficient (Wildman–Crippen LogP) is 4.51. The Morgan fingerprint density at radius 3 is 2.39 bits per heavy atom. The van der Waals surface area contributed by atoms with Gasteiger partial charge >= 0.3 is 0 Å². The predicted molar refractivity (Wildman–Crippen MR) is 78.9 cm³/mol. The van der Waals surface area contributed by atoms with Gasteiger partial charge in [-0.2, -0.15) is 0 Å². The third-order valence-corrected chi connectivity index (χ3v) is 3.07. The Morgan fingerprint density at radius 1 is 1.00 bits per heavy atom. The number of hydrogen-bond donors (Lipinski definition) is 1. The zero-order chi connectivity index (χ0) is 13.0. The molecule has 0 heterocycles. The molecule has 0 radical (unpaired) electrons. The standard InChI is InChI=1S/C16H18ClN/c1-12(2)18-11-13-4-3-5-15(10-13)14-6-8-16(17)9-7-14/h3-10,12,18H,11H2,1-2H3. The number of halogens is 1. The average Bonchev–Trinajstić information content (AvgIpc) is 2.37. The summed E-state index contributed by atoms with van der Waals surface area (Å²) in [7, 11) is 0. The Kier molecular flexibility index (Phi) is 4.40. The molecule has 0 aliphatic carbocycles. The highest BCUT2D eigenvalue weighted by atomic mass is 35.5. The molecule has 2 aromatic rings. The zero-order valence-corrected chi connectivity index (χ0v) is 11.5. The summed E-state index contributed by atoms with van der Waals surface area (Å²) in [6.45, 7) is 5.21. The van der Waals surface area contributed by atoms with Gasteiger partial charge in [0.05, 0.1) is 0 Å². The fourth-order valence-corrected chi connectivity index (χ4v) is 1.95. The Balaban J connectivity index is 2.18. The van der Waals surface area contributed by atoms with E-state index in [1.54, 1.807) is 0 Å². The van der Waals surface area contributed by atoms with E-state index in [0.29, 0.717) is 6.04 Å². The number of rotatable bonds is 4. The van der Waals surface area contributed by atoms with Crippen LogP contribution in [0.5, 0.6) is 0 Å². The Hall–Kier alpha value is -1.31. The van der Waals surface area contributed by atoms with E-state index in [2.05, 4.69) is 55.6 Å². The van der Waals surface area contributed by atoms with Crippen molar-refractivity contribution in [3.8, 4) is 11.1 Å². The van der Waals surface area contributed by atoms with Crippen LogP contribution in [0.25, 0.3) is 11.1 Å². The second-order valence-corrected chi connectivity index (χ2v) is 5.18. The molecule has 2 rings (SSSR count). The second-order valence-electron chi connectivity index (χ2n) is 4.74. The number of hydrogen-bond acceptors (Lipinski definition) is 1. The molecule has 94 valence electrons. The van der Waals surface area contributed by atoms with Crippen molar-refractivity contribution in [3.63, 3.8) is 0 Å². The van der Waals surface area contributed by atoms with Gasteiger partial charge in [-0.1, -0.05) is 55.8 Å². The summed E-state index contributed by atoms with van der Waals surface area (Å²) in [6, 6.07) is 17.1. The minimum Gasteiger partial charge on any atom is -0.310 e. The van der Waals surface area contributed by atoms with Crippen molar-refractivity contribution in [2.75, 3.05) is 0 Å². The van der Waals surface area contributed by atoms with Gasteiger partial charge in [-0.05, 0) is 34.9 Å². The zero-order valence-electron chi connectivity index (χ0n) is 10.8. The third kappa shape index (κ3) is 3.59. The largest absolute Gasteiger partial charge is 0.310 e. The van der Waals surface area contributed by atoms with Crippen LogP contribution in [0.1, 0.15) is 19.4 Å². The van der Waals surface area contributed by atoms with Gasteiger partial charge in [0.25, 0.3) is 0 Å². The molecular formula is C16H18ClN. The van der Waals surface area contributed by atoms with E-state index in [4.69, 9.17) is 11.6 Å². The van der Waals surface area contributed by atoms with Crippen LogP contribution < -0.4 is 5.32 Å². The van der Waals surface area contributed by atoms with E-state index in [0.717, 1.165) is 11.6 Å². The Labute approximate surface area is 114 Å². The summed E-state index contributed by atoms with van der Waals surface area (Å²) in [5.74, 6) is 0. The normalized spacial score (nSPS) is 10.9. The topological polar surface area (TPSA) is 12.0 Å². The first-order valence-electron chi connectivity index (χ1n) is 6.23. The van der Waals surface area contributed by atoms with E-state index in [1.807, 2.05) is 12.1 Å². The molecule has 0 unspecified atom stereocenters. The lowest BCUT2D eigenvalue weighted by Gasteiger charge is -2.09. The summed E-state index contributed by atoms with van der Waals surface area (Å²) in [6.07, 6.45) is 0. The molecule has 0 amide bonds. The first kappa shape index (κ1) is 13.1. The van der Waals surface area contributed by atoms with Crippen LogP contribution in [0, 0.1) is 0 Å². The molecule has 0 aliphatic rings. The highest BCUT2D eigenvalue weighted by molar-refractivity contribution is 6.30. The van der Waals surface area contributed by atoms with Crippen molar-refractivity contribution in [1.29, 1.82) is 0 Å². The molecule has 2 heteroatoms. The highest BCUT2D eigenvalue weighted by Crippen LogP contribution is 2.22. The molecule has 0 saturated carbocycles. The second kappa shape index (κ2) is 6.03. The fourth-order valence-electron chi connectivity index (χ4n) is 1.83. The average molecular weight is 260 g/mol. The molecule has 0 spiro atoms. The van der Waals surface area contributed by atoms with Crippen LogP contribution in [0.4, 0.5) is 0 Å². The van der Waals surface area contributed by atoms with Gasteiger partial charge in [-0.3, -0.25) is 0 Å².